The number of anilines is 1. The molecule has 1 saturated heterocycles. The van der Waals surface area contributed by atoms with Crippen LogP contribution in [0.4, 0.5) is 5.82 Å². The van der Waals surface area contributed by atoms with Crippen molar-refractivity contribution in [1.82, 2.24) is 10.3 Å². The summed E-state index contributed by atoms with van der Waals surface area (Å²) < 4.78 is 0. The van der Waals surface area contributed by atoms with Crippen molar-refractivity contribution in [3.05, 3.63) is 23.4 Å². The number of nitrogens with one attached hydrogen (secondary N) is 1. The van der Waals surface area contributed by atoms with Crippen LogP contribution in [0.15, 0.2) is 12.3 Å². The molecule has 94 valence electrons. The number of rotatable bonds is 1. The van der Waals surface area contributed by atoms with E-state index in [-0.39, 0.29) is 5.91 Å². The van der Waals surface area contributed by atoms with Gasteiger partial charge in [0, 0.05) is 19.3 Å². The average molecular weight is 244 g/mol. The Morgan fingerprint density at radius 1 is 1.56 bits per heavy atom. The highest BCUT2D eigenvalue weighted by Crippen LogP contribution is 2.28. The Bertz CT molecular complexity index is 530. The second-order valence-electron chi connectivity index (χ2n) is 4.90. The van der Waals surface area contributed by atoms with Crippen molar-refractivity contribution in [2.75, 3.05) is 18.0 Å². The van der Waals surface area contributed by atoms with Gasteiger partial charge in [-0.05, 0) is 32.4 Å². The van der Waals surface area contributed by atoms with E-state index in [0.29, 0.717) is 24.5 Å². The van der Waals surface area contributed by atoms with E-state index < -0.39 is 5.54 Å². The van der Waals surface area contributed by atoms with Gasteiger partial charge in [0.2, 0.25) is 5.91 Å². The van der Waals surface area contributed by atoms with Crippen molar-refractivity contribution in [3.63, 3.8) is 0 Å². The third-order valence-corrected chi connectivity index (χ3v) is 3.36. The van der Waals surface area contributed by atoms with Gasteiger partial charge in [0.15, 0.2) is 0 Å². The number of hydrogen-bond acceptors (Lipinski definition) is 4. The number of nitriles is 1. The maximum absolute atomic E-state index is 11.9. The van der Waals surface area contributed by atoms with E-state index in [1.165, 1.54) is 0 Å². The molecular formula is C13H16N4O. The maximum Gasteiger partial charge on any atom is 0.245 e. The molecule has 1 fully saturated rings. The van der Waals surface area contributed by atoms with Crippen molar-refractivity contribution in [1.29, 1.82) is 5.26 Å². The fraction of sp³-hybridized carbons (Fsp3) is 0.462. The molecule has 2 rings (SSSR count). The molecule has 0 radical (unpaired) electrons. The van der Waals surface area contributed by atoms with E-state index in [1.807, 2.05) is 25.7 Å². The second-order valence-corrected chi connectivity index (χ2v) is 4.90. The highest BCUT2D eigenvalue weighted by atomic mass is 16.2. The summed E-state index contributed by atoms with van der Waals surface area (Å²) in [6, 6.07) is 3.98. The van der Waals surface area contributed by atoms with Crippen LogP contribution in [-0.2, 0) is 4.79 Å². The molecule has 1 amide bonds. The Morgan fingerprint density at radius 3 is 2.94 bits per heavy atom. The molecule has 1 aliphatic heterocycles. The number of nitrogens with zero attached hydrogens (tertiary/aromatic N) is 3. The van der Waals surface area contributed by atoms with Crippen molar-refractivity contribution < 1.29 is 4.79 Å². The van der Waals surface area contributed by atoms with Crippen LogP contribution in [0.25, 0.3) is 0 Å². The van der Waals surface area contributed by atoms with E-state index in [4.69, 9.17) is 0 Å². The van der Waals surface area contributed by atoms with E-state index in [2.05, 4.69) is 16.4 Å². The summed E-state index contributed by atoms with van der Waals surface area (Å²) >= 11 is 0. The molecule has 5 heteroatoms. The molecule has 5 nitrogen and oxygen atoms in total. The lowest BCUT2D eigenvalue weighted by atomic mass is 9.97. The van der Waals surface area contributed by atoms with E-state index in [9.17, 15) is 10.1 Å². The topological polar surface area (TPSA) is 69.0 Å². The first-order chi connectivity index (χ1) is 8.48. The van der Waals surface area contributed by atoms with Gasteiger partial charge in [-0.15, -0.1) is 0 Å². The van der Waals surface area contributed by atoms with Crippen LogP contribution in [0.2, 0.25) is 0 Å². The van der Waals surface area contributed by atoms with E-state index in [1.54, 1.807) is 12.3 Å². The first kappa shape index (κ1) is 12.4. The Kier molecular flexibility index (Phi) is 2.95. The minimum absolute atomic E-state index is 0.0408. The number of amides is 1. The monoisotopic (exact) mass is 244 g/mol. The summed E-state index contributed by atoms with van der Waals surface area (Å²) in [4.78, 5) is 18.1. The number of aryl methyl sites for hydroxylation is 1. The summed E-state index contributed by atoms with van der Waals surface area (Å²) in [7, 11) is 0. The fourth-order valence-electron chi connectivity index (χ4n) is 2.16. The largest absolute Gasteiger partial charge is 0.352 e. The van der Waals surface area contributed by atoms with Crippen LogP contribution >= 0.6 is 0 Å². The van der Waals surface area contributed by atoms with Crippen molar-refractivity contribution in [2.24, 2.45) is 0 Å². The van der Waals surface area contributed by atoms with Gasteiger partial charge in [0.25, 0.3) is 0 Å². The Labute approximate surface area is 106 Å². The normalized spacial score (nSPS) is 18.1. The van der Waals surface area contributed by atoms with Gasteiger partial charge in [-0.2, -0.15) is 5.26 Å². The van der Waals surface area contributed by atoms with Crippen LogP contribution in [0.1, 0.15) is 25.0 Å². The molecule has 0 aliphatic carbocycles. The lowest BCUT2D eigenvalue weighted by Crippen LogP contribution is -2.62. The molecule has 0 saturated carbocycles. The third-order valence-electron chi connectivity index (χ3n) is 3.36. The van der Waals surface area contributed by atoms with Crippen LogP contribution in [0.3, 0.4) is 0 Å². The number of pyridine rings is 1. The molecule has 1 N–H and O–H groups in total. The molecule has 18 heavy (non-hydrogen) atoms. The summed E-state index contributed by atoms with van der Waals surface area (Å²) in [6.45, 7) is 6.78. The number of carbonyl (C=O) groups is 1. The Morgan fingerprint density at radius 2 is 2.28 bits per heavy atom. The lowest BCUT2D eigenvalue weighted by Gasteiger charge is -2.42. The van der Waals surface area contributed by atoms with Crippen LogP contribution < -0.4 is 10.2 Å². The quantitative estimate of drug-likeness (QED) is 0.799. The van der Waals surface area contributed by atoms with Crippen molar-refractivity contribution in [2.45, 2.75) is 26.3 Å². The molecule has 0 aromatic carbocycles. The second kappa shape index (κ2) is 4.30. The van der Waals surface area contributed by atoms with Gasteiger partial charge in [0.1, 0.15) is 17.4 Å². The molecule has 2 heterocycles. The predicted molar refractivity (Wildman–Crippen MR) is 68.1 cm³/mol. The molecule has 0 atom stereocenters. The highest BCUT2D eigenvalue weighted by molar-refractivity contribution is 5.90. The van der Waals surface area contributed by atoms with Gasteiger partial charge >= 0.3 is 0 Å². The van der Waals surface area contributed by atoms with Gasteiger partial charge in [0.05, 0.1) is 5.56 Å². The van der Waals surface area contributed by atoms with Gasteiger partial charge in [-0.3, -0.25) is 4.79 Å². The summed E-state index contributed by atoms with van der Waals surface area (Å²) in [6.07, 6.45) is 1.67. The van der Waals surface area contributed by atoms with Gasteiger partial charge < -0.3 is 10.2 Å². The SMILES string of the molecule is Cc1ccnc(N2CCNC(=O)C2(C)C)c1C#N. The molecule has 0 unspecified atom stereocenters. The maximum atomic E-state index is 11.9. The van der Waals surface area contributed by atoms with E-state index in [0.717, 1.165) is 5.56 Å². The standard InChI is InChI=1S/C13H16N4O/c1-9-4-5-15-11(10(9)8-14)17-7-6-16-12(18)13(17,2)3/h4-5H,6-7H2,1-3H3,(H,16,18). The average Bonchev–Trinajstić information content (AvgIpc) is 2.32. The Hall–Kier alpha value is -2.09. The van der Waals surface area contributed by atoms with Crippen molar-refractivity contribution >= 4 is 11.7 Å². The lowest BCUT2D eigenvalue weighted by molar-refractivity contribution is -0.126. The van der Waals surface area contributed by atoms with Gasteiger partial charge in [-0.25, -0.2) is 4.98 Å². The molecule has 1 aliphatic rings. The summed E-state index contributed by atoms with van der Waals surface area (Å²) in [5.74, 6) is 0.554. The zero-order valence-electron chi connectivity index (χ0n) is 10.8. The fourth-order valence-corrected chi connectivity index (χ4v) is 2.16. The van der Waals surface area contributed by atoms with Crippen LogP contribution in [0, 0.1) is 18.3 Å². The number of piperazine rings is 1. The number of carbonyl (C=O) groups excluding carboxylic acids is 1. The molecular weight excluding hydrogens is 228 g/mol. The first-order valence-corrected chi connectivity index (χ1v) is 5.90. The van der Waals surface area contributed by atoms with Crippen LogP contribution in [0.5, 0.6) is 0 Å². The highest BCUT2D eigenvalue weighted by Gasteiger charge is 2.39. The van der Waals surface area contributed by atoms with Crippen molar-refractivity contribution in [3.8, 4) is 6.07 Å². The molecule has 1 aromatic rings. The smallest absolute Gasteiger partial charge is 0.245 e. The predicted octanol–water partition coefficient (Wildman–Crippen LogP) is 0.976. The zero-order chi connectivity index (χ0) is 13.3. The molecule has 0 bridgehead atoms. The zero-order valence-corrected chi connectivity index (χ0v) is 10.8. The minimum atomic E-state index is -0.690. The minimum Gasteiger partial charge on any atom is -0.352 e. The summed E-state index contributed by atoms with van der Waals surface area (Å²) in [5.41, 5.74) is 0.731. The number of hydrogen-bond donors (Lipinski definition) is 1. The van der Waals surface area contributed by atoms with Gasteiger partial charge in [-0.1, -0.05) is 0 Å². The van der Waals surface area contributed by atoms with E-state index >= 15 is 0 Å². The first-order valence-electron chi connectivity index (χ1n) is 5.90. The van der Waals surface area contributed by atoms with Crippen LogP contribution in [-0.4, -0.2) is 29.5 Å². The molecule has 1 aromatic heterocycles. The third kappa shape index (κ3) is 1.80. The number of aromatic nitrogens is 1. The summed E-state index contributed by atoms with van der Waals surface area (Å²) in [5, 5.41) is 12.1. The molecule has 0 spiro atoms. The Balaban J connectivity index is 2.52.